The molecular weight excluding hydrogens is 284 g/mol. The van der Waals surface area contributed by atoms with Crippen molar-refractivity contribution in [1.82, 2.24) is 4.90 Å². The number of nitrogens with zero attached hydrogens (tertiary/aromatic N) is 1. The molecule has 4 heteroatoms. The molecule has 0 saturated carbocycles. The lowest BCUT2D eigenvalue weighted by Gasteiger charge is -2.33. The lowest BCUT2D eigenvalue weighted by atomic mass is 10.1. The van der Waals surface area contributed by atoms with Crippen molar-refractivity contribution in [2.75, 3.05) is 13.1 Å². The van der Waals surface area contributed by atoms with Crippen LogP contribution in [-0.2, 0) is 0 Å². The van der Waals surface area contributed by atoms with E-state index in [1.807, 2.05) is 0 Å². The first kappa shape index (κ1) is 14.2. The third kappa shape index (κ3) is 3.29. The van der Waals surface area contributed by atoms with E-state index in [1.54, 1.807) is 11.3 Å². The monoisotopic (exact) mass is 304 g/mol. The molecule has 0 radical (unpaired) electrons. The van der Waals surface area contributed by atoms with E-state index in [0.717, 1.165) is 13.0 Å². The Bertz CT molecular complexity index is 312. The summed E-state index contributed by atoms with van der Waals surface area (Å²) in [6, 6.07) is 2.98. The average molecular weight is 305 g/mol. The highest BCUT2D eigenvalue weighted by Gasteiger charge is 2.23. The van der Waals surface area contributed by atoms with Gasteiger partial charge >= 0.3 is 0 Å². The van der Waals surface area contributed by atoms with Crippen molar-refractivity contribution >= 4 is 27.3 Å². The second kappa shape index (κ2) is 6.74. The molecule has 92 valence electrons. The van der Waals surface area contributed by atoms with Gasteiger partial charge in [-0.05, 0) is 54.2 Å². The quantitative estimate of drug-likeness (QED) is 0.869. The molecule has 0 bridgehead atoms. The first-order valence-electron chi connectivity index (χ1n) is 5.80. The Labute approximate surface area is 111 Å². The van der Waals surface area contributed by atoms with Crippen LogP contribution in [0.3, 0.4) is 0 Å². The van der Waals surface area contributed by atoms with Gasteiger partial charge in [0.1, 0.15) is 0 Å². The molecule has 1 rings (SSSR count). The molecule has 0 amide bonds. The molecule has 0 saturated heterocycles. The van der Waals surface area contributed by atoms with Gasteiger partial charge in [0.05, 0.1) is 6.04 Å². The minimum Gasteiger partial charge on any atom is -0.329 e. The highest BCUT2D eigenvalue weighted by atomic mass is 79.9. The second-order valence-electron chi connectivity index (χ2n) is 4.22. The Morgan fingerprint density at radius 1 is 1.50 bits per heavy atom. The number of halogens is 1. The highest BCUT2D eigenvalue weighted by Crippen LogP contribution is 2.33. The van der Waals surface area contributed by atoms with Crippen LogP contribution in [0, 0.1) is 0 Å². The van der Waals surface area contributed by atoms with E-state index in [4.69, 9.17) is 5.73 Å². The van der Waals surface area contributed by atoms with E-state index < -0.39 is 0 Å². The molecule has 0 spiro atoms. The number of nitrogens with two attached hydrogens (primary N) is 1. The van der Waals surface area contributed by atoms with Crippen LogP contribution in [0.25, 0.3) is 0 Å². The van der Waals surface area contributed by atoms with Gasteiger partial charge in [0.25, 0.3) is 0 Å². The van der Waals surface area contributed by atoms with Crippen molar-refractivity contribution in [3.8, 4) is 0 Å². The molecule has 1 unspecified atom stereocenters. The smallest absolute Gasteiger partial charge is 0.0577 e. The Morgan fingerprint density at radius 2 is 2.19 bits per heavy atom. The predicted molar refractivity (Wildman–Crippen MR) is 75.9 cm³/mol. The summed E-state index contributed by atoms with van der Waals surface area (Å²) in [5, 5.41) is 2.12. The molecule has 2 N–H and O–H groups in total. The molecule has 1 atom stereocenters. The maximum Gasteiger partial charge on any atom is 0.0577 e. The van der Waals surface area contributed by atoms with Crippen molar-refractivity contribution in [3.05, 3.63) is 20.8 Å². The van der Waals surface area contributed by atoms with Gasteiger partial charge in [-0.1, -0.05) is 6.92 Å². The van der Waals surface area contributed by atoms with E-state index in [9.17, 15) is 0 Å². The van der Waals surface area contributed by atoms with E-state index in [0.29, 0.717) is 18.6 Å². The molecular formula is C12H21BrN2S. The zero-order valence-electron chi connectivity index (χ0n) is 10.2. The van der Waals surface area contributed by atoms with Crippen molar-refractivity contribution in [2.24, 2.45) is 5.73 Å². The van der Waals surface area contributed by atoms with E-state index in [1.165, 1.54) is 9.35 Å². The highest BCUT2D eigenvalue weighted by molar-refractivity contribution is 9.10. The van der Waals surface area contributed by atoms with Crippen molar-refractivity contribution < 1.29 is 0 Å². The summed E-state index contributed by atoms with van der Waals surface area (Å²) in [4.78, 5) is 3.83. The maximum atomic E-state index is 5.95. The van der Waals surface area contributed by atoms with Gasteiger partial charge in [-0.15, -0.1) is 11.3 Å². The minimum atomic E-state index is 0.342. The zero-order valence-corrected chi connectivity index (χ0v) is 12.6. The van der Waals surface area contributed by atoms with Crippen LogP contribution >= 0.6 is 27.3 Å². The molecule has 0 aliphatic rings. The fourth-order valence-corrected chi connectivity index (χ4v) is 3.74. The molecule has 1 aromatic rings. The summed E-state index contributed by atoms with van der Waals surface area (Å²) >= 11 is 5.39. The van der Waals surface area contributed by atoms with Crippen LogP contribution in [0.2, 0.25) is 0 Å². The summed E-state index contributed by atoms with van der Waals surface area (Å²) in [5.41, 5.74) is 5.95. The maximum absolute atomic E-state index is 5.95. The third-order valence-electron chi connectivity index (χ3n) is 2.72. The topological polar surface area (TPSA) is 29.3 Å². The molecule has 0 aromatic carbocycles. The normalized spacial score (nSPS) is 13.7. The van der Waals surface area contributed by atoms with E-state index in [-0.39, 0.29) is 0 Å². The largest absolute Gasteiger partial charge is 0.329 e. The van der Waals surface area contributed by atoms with E-state index in [2.05, 4.69) is 53.0 Å². The van der Waals surface area contributed by atoms with Gasteiger partial charge in [-0.2, -0.15) is 0 Å². The Kier molecular flexibility index (Phi) is 5.97. The van der Waals surface area contributed by atoms with Gasteiger partial charge in [0.15, 0.2) is 0 Å². The molecule has 2 nitrogen and oxygen atoms in total. The number of rotatable bonds is 6. The summed E-state index contributed by atoms with van der Waals surface area (Å²) in [6.07, 6.45) is 1.16. The fourth-order valence-electron chi connectivity index (χ4n) is 1.97. The van der Waals surface area contributed by atoms with Crippen LogP contribution in [-0.4, -0.2) is 24.0 Å². The minimum absolute atomic E-state index is 0.342. The Morgan fingerprint density at radius 3 is 2.56 bits per heavy atom. The lowest BCUT2D eigenvalue weighted by molar-refractivity contribution is 0.159. The Balaban J connectivity index is 2.90. The number of thiophene rings is 1. The van der Waals surface area contributed by atoms with Crippen LogP contribution in [0.15, 0.2) is 15.9 Å². The first-order chi connectivity index (χ1) is 7.61. The SMILES string of the molecule is CCCN(C(C)C)C(CN)c1sccc1Br. The summed E-state index contributed by atoms with van der Waals surface area (Å²) in [5.74, 6) is 0. The Hall–Kier alpha value is 0.100. The van der Waals surface area contributed by atoms with Crippen LogP contribution in [0.1, 0.15) is 38.1 Å². The van der Waals surface area contributed by atoms with Crippen LogP contribution < -0.4 is 5.73 Å². The van der Waals surface area contributed by atoms with Crippen LogP contribution in [0.5, 0.6) is 0 Å². The lowest BCUT2D eigenvalue weighted by Crippen LogP contribution is -2.38. The molecule has 0 aliphatic carbocycles. The van der Waals surface area contributed by atoms with E-state index >= 15 is 0 Å². The van der Waals surface area contributed by atoms with Gasteiger partial charge in [0, 0.05) is 21.9 Å². The van der Waals surface area contributed by atoms with Gasteiger partial charge < -0.3 is 5.73 Å². The van der Waals surface area contributed by atoms with Crippen LogP contribution in [0.4, 0.5) is 0 Å². The van der Waals surface area contributed by atoms with Crippen molar-refractivity contribution in [1.29, 1.82) is 0 Å². The fraction of sp³-hybridized carbons (Fsp3) is 0.667. The molecule has 1 heterocycles. The molecule has 1 aromatic heterocycles. The zero-order chi connectivity index (χ0) is 12.1. The number of hydrogen-bond acceptors (Lipinski definition) is 3. The average Bonchev–Trinajstić information content (AvgIpc) is 2.65. The van der Waals surface area contributed by atoms with Crippen molar-refractivity contribution in [2.45, 2.75) is 39.3 Å². The summed E-state index contributed by atoms with van der Waals surface area (Å²) in [7, 11) is 0. The second-order valence-corrected chi connectivity index (χ2v) is 6.02. The van der Waals surface area contributed by atoms with Gasteiger partial charge in [0.2, 0.25) is 0 Å². The van der Waals surface area contributed by atoms with Gasteiger partial charge in [-0.3, -0.25) is 4.90 Å². The third-order valence-corrected chi connectivity index (χ3v) is 4.69. The molecule has 16 heavy (non-hydrogen) atoms. The number of hydrogen-bond donors (Lipinski definition) is 1. The first-order valence-corrected chi connectivity index (χ1v) is 7.47. The molecule has 0 aliphatic heterocycles. The summed E-state index contributed by atoms with van der Waals surface area (Å²) in [6.45, 7) is 8.47. The van der Waals surface area contributed by atoms with Crippen molar-refractivity contribution in [3.63, 3.8) is 0 Å². The molecule has 0 fully saturated rings. The summed E-state index contributed by atoms with van der Waals surface area (Å²) < 4.78 is 1.19. The standard InChI is InChI=1S/C12H21BrN2S/c1-4-6-15(9(2)3)11(8-14)12-10(13)5-7-16-12/h5,7,9,11H,4,6,8,14H2,1-3H3. The predicted octanol–water partition coefficient (Wildman–Crippen LogP) is 3.63. The van der Waals surface area contributed by atoms with Gasteiger partial charge in [-0.25, -0.2) is 0 Å².